The van der Waals surface area contributed by atoms with E-state index in [2.05, 4.69) is 15.9 Å². The van der Waals surface area contributed by atoms with Crippen LogP contribution in [0.25, 0.3) is 0 Å². The zero-order chi connectivity index (χ0) is 9.59. The largest absolute Gasteiger partial charge is 0.486 e. The standard InChI is InChI=1S/C9H8BrClO2/c1-4-8(12)7-5(10)2-3-6(11)9(7)13-4/h2-4,8,12H,1H3. The maximum Gasteiger partial charge on any atom is 0.145 e. The monoisotopic (exact) mass is 262 g/mol. The van der Waals surface area contributed by atoms with E-state index in [0.29, 0.717) is 10.8 Å². The summed E-state index contributed by atoms with van der Waals surface area (Å²) in [6.45, 7) is 1.81. The van der Waals surface area contributed by atoms with Crippen molar-refractivity contribution in [3.05, 3.63) is 27.2 Å². The lowest BCUT2D eigenvalue weighted by Gasteiger charge is -2.06. The molecule has 0 saturated carbocycles. The van der Waals surface area contributed by atoms with Crippen molar-refractivity contribution in [2.24, 2.45) is 0 Å². The van der Waals surface area contributed by atoms with E-state index in [9.17, 15) is 5.11 Å². The Bertz CT molecular complexity index is 354. The molecule has 1 heterocycles. The van der Waals surface area contributed by atoms with Gasteiger partial charge < -0.3 is 9.84 Å². The SMILES string of the molecule is CC1Oc2c(Cl)ccc(Br)c2C1O. The molecule has 2 rings (SSSR count). The molecule has 4 heteroatoms. The molecule has 1 aromatic rings. The minimum absolute atomic E-state index is 0.230. The van der Waals surface area contributed by atoms with Gasteiger partial charge in [-0.25, -0.2) is 0 Å². The Morgan fingerprint density at radius 3 is 2.85 bits per heavy atom. The molecule has 0 aromatic heterocycles. The highest BCUT2D eigenvalue weighted by Gasteiger charge is 2.32. The van der Waals surface area contributed by atoms with Crippen LogP contribution in [0.1, 0.15) is 18.6 Å². The van der Waals surface area contributed by atoms with E-state index >= 15 is 0 Å². The Morgan fingerprint density at radius 2 is 2.23 bits per heavy atom. The molecule has 1 N–H and O–H groups in total. The van der Waals surface area contributed by atoms with Crippen molar-refractivity contribution in [3.63, 3.8) is 0 Å². The number of rotatable bonds is 0. The van der Waals surface area contributed by atoms with Crippen molar-refractivity contribution < 1.29 is 9.84 Å². The molecule has 0 fully saturated rings. The Balaban J connectivity index is 2.61. The number of benzene rings is 1. The van der Waals surface area contributed by atoms with Gasteiger partial charge in [-0.2, -0.15) is 0 Å². The van der Waals surface area contributed by atoms with Crippen LogP contribution in [0.4, 0.5) is 0 Å². The number of aliphatic hydroxyl groups is 1. The molecule has 1 aliphatic heterocycles. The first-order chi connectivity index (χ1) is 6.11. The fraction of sp³-hybridized carbons (Fsp3) is 0.333. The Morgan fingerprint density at radius 1 is 1.54 bits per heavy atom. The molecular formula is C9H8BrClO2. The predicted molar refractivity (Wildman–Crippen MR) is 54.2 cm³/mol. The quantitative estimate of drug-likeness (QED) is 0.780. The van der Waals surface area contributed by atoms with Crippen molar-refractivity contribution in [2.75, 3.05) is 0 Å². The van der Waals surface area contributed by atoms with E-state index in [1.54, 1.807) is 6.07 Å². The first kappa shape index (κ1) is 9.31. The van der Waals surface area contributed by atoms with Crippen LogP contribution in [0.2, 0.25) is 5.02 Å². The summed E-state index contributed by atoms with van der Waals surface area (Å²) < 4.78 is 6.26. The van der Waals surface area contributed by atoms with Crippen LogP contribution in [0, 0.1) is 0 Å². The van der Waals surface area contributed by atoms with Gasteiger partial charge in [0.05, 0.1) is 5.02 Å². The molecule has 13 heavy (non-hydrogen) atoms. The molecule has 0 spiro atoms. The van der Waals surface area contributed by atoms with Gasteiger partial charge in [-0.1, -0.05) is 27.5 Å². The second-order valence-electron chi connectivity index (χ2n) is 3.04. The number of aliphatic hydroxyl groups excluding tert-OH is 1. The first-order valence-corrected chi connectivity index (χ1v) is 5.11. The molecule has 2 atom stereocenters. The van der Waals surface area contributed by atoms with E-state index < -0.39 is 6.10 Å². The van der Waals surface area contributed by atoms with E-state index in [-0.39, 0.29) is 6.10 Å². The van der Waals surface area contributed by atoms with E-state index in [0.717, 1.165) is 10.0 Å². The highest BCUT2D eigenvalue weighted by atomic mass is 79.9. The molecule has 0 saturated heterocycles. The lowest BCUT2D eigenvalue weighted by Crippen LogP contribution is -2.12. The maximum absolute atomic E-state index is 9.74. The summed E-state index contributed by atoms with van der Waals surface area (Å²) in [4.78, 5) is 0. The highest BCUT2D eigenvalue weighted by molar-refractivity contribution is 9.10. The smallest absolute Gasteiger partial charge is 0.145 e. The lowest BCUT2D eigenvalue weighted by atomic mass is 10.1. The normalized spacial score (nSPS) is 25.5. The molecule has 2 unspecified atom stereocenters. The van der Waals surface area contributed by atoms with Crippen LogP contribution >= 0.6 is 27.5 Å². The van der Waals surface area contributed by atoms with Gasteiger partial charge in [-0.15, -0.1) is 0 Å². The second kappa shape index (κ2) is 3.15. The number of hydrogen-bond acceptors (Lipinski definition) is 2. The number of ether oxygens (including phenoxy) is 1. The molecular weight excluding hydrogens is 255 g/mol. The number of hydrogen-bond donors (Lipinski definition) is 1. The number of fused-ring (bicyclic) bond motifs is 1. The highest BCUT2D eigenvalue weighted by Crippen LogP contribution is 2.45. The van der Waals surface area contributed by atoms with Gasteiger partial charge in [0.2, 0.25) is 0 Å². The third-order valence-corrected chi connectivity index (χ3v) is 3.13. The van der Waals surface area contributed by atoms with Gasteiger partial charge in [0.25, 0.3) is 0 Å². The van der Waals surface area contributed by atoms with Crippen molar-refractivity contribution >= 4 is 27.5 Å². The molecule has 0 aliphatic carbocycles. The second-order valence-corrected chi connectivity index (χ2v) is 4.30. The summed E-state index contributed by atoms with van der Waals surface area (Å²) in [7, 11) is 0. The molecule has 1 aromatic carbocycles. The fourth-order valence-corrected chi connectivity index (χ4v) is 2.19. The van der Waals surface area contributed by atoms with Gasteiger partial charge in [0, 0.05) is 10.0 Å². The molecule has 70 valence electrons. The van der Waals surface area contributed by atoms with Crippen molar-refractivity contribution in [1.29, 1.82) is 0 Å². The summed E-state index contributed by atoms with van der Waals surface area (Å²) in [5, 5.41) is 10.3. The molecule has 0 bridgehead atoms. The van der Waals surface area contributed by atoms with Crippen LogP contribution in [0.5, 0.6) is 5.75 Å². The molecule has 1 aliphatic rings. The van der Waals surface area contributed by atoms with Crippen molar-refractivity contribution in [1.82, 2.24) is 0 Å². The van der Waals surface area contributed by atoms with Crippen LogP contribution in [0.15, 0.2) is 16.6 Å². The molecule has 2 nitrogen and oxygen atoms in total. The van der Waals surface area contributed by atoms with Crippen molar-refractivity contribution in [3.8, 4) is 5.75 Å². The summed E-state index contributed by atoms with van der Waals surface area (Å²) in [5.74, 6) is 0.594. The molecule has 0 amide bonds. The minimum atomic E-state index is -0.594. The third kappa shape index (κ3) is 1.35. The Kier molecular flexibility index (Phi) is 2.26. The van der Waals surface area contributed by atoms with Crippen LogP contribution < -0.4 is 4.74 Å². The summed E-state index contributed by atoms with van der Waals surface area (Å²) >= 11 is 9.27. The van der Waals surface area contributed by atoms with Crippen molar-refractivity contribution in [2.45, 2.75) is 19.1 Å². The third-order valence-electron chi connectivity index (χ3n) is 2.14. The van der Waals surface area contributed by atoms with Crippen LogP contribution in [0.3, 0.4) is 0 Å². The fourth-order valence-electron chi connectivity index (χ4n) is 1.43. The maximum atomic E-state index is 9.74. The van der Waals surface area contributed by atoms with Gasteiger partial charge in [0.15, 0.2) is 0 Å². The van der Waals surface area contributed by atoms with Gasteiger partial charge in [-0.05, 0) is 19.1 Å². The van der Waals surface area contributed by atoms with Gasteiger partial charge in [0.1, 0.15) is 18.0 Å². The molecule has 0 radical (unpaired) electrons. The first-order valence-electron chi connectivity index (χ1n) is 3.94. The van der Waals surface area contributed by atoms with Gasteiger partial charge in [-0.3, -0.25) is 0 Å². The predicted octanol–water partition coefficient (Wildman–Crippen LogP) is 2.92. The van der Waals surface area contributed by atoms with Crippen LogP contribution in [-0.2, 0) is 0 Å². The van der Waals surface area contributed by atoms with Crippen LogP contribution in [-0.4, -0.2) is 11.2 Å². The van der Waals surface area contributed by atoms with E-state index in [1.165, 1.54) is 0 Å². The average Bonchev–Trinajstić information content (AvgIpc) is 2.38. The van der Waals surface area contributed by atoms with Gasteiger partial charge >= 0.3 is 0 Å². The Hall–Kier alpha value is -0.250. The number of halogens is 2. The zero-order valence-electron chi connectivity index (χ0n) is 6.92. The Labute approximate surface area is 89.6 Å². The van der Waals surface area contributed by atoms with E-state index in [1.807, 2.05) is 13.0 Å². The lowest BCUT2D eigenvalue weighted by molar-refractivity contribution is 0.0793. The van der Waals surface area contributed by atoms with E-state index in [4.69, 9.17) is 16.3 Å². The zero-order valence-corrected chi connectivity index (χ0v) is 9.26. The average molecular weight is 264 g/mol. The topological polar surface area (TPSA) is 29.5 Å². The summed E-state index contributed by atoms with van der Waals surface area (Å²) in [6.07, 6.45) is -0.825. The summed E-state index contributed by atoms with van der Waals surface area (Å²) in [6, 6.07) is 3.56. The summed E-state index contributed by atoms with van der Waals surface area (Å²) in [5.41, 5.74) is 0.750. The minimum Gasteiger partial charge on any atom is -0.486 e.